The SMILES string of the molecule is CC[C-]=C1CCCCC1=[C-]CC.[Zn+2]. The maximum absolute atomic E-state index is 3.44. The summed E-state index contributed by atoms with van der Waals surface area (Å²) in [5.74, 6) is 0. The second-order valence-electron chi connectivity index (χ2n) is 3.22. The minimum absolute atomic E-state index is 0. The second kappa shape index (κ2) is 7.50. The molecule has 1 fully saturated rings. The minimum atomic E-state index is 0. The monoisotopic (exact) mass is 226 g/mol. The Morgan fingerprint density at radius 3 is 1.62 bits per heavy atom. The molecule has 0 unspecified atom stereocenters. The molecule has 0 amide bonds. The van der Waals surface area contributed by atoms with Crippen molar-refractivity contribution in [3.05, 3.63) is 23.3 Å². The van der Waals surface area contributed by atoms with Crippen molar-refractivity contribution in [3.63, 3.8) is 0 Å². The smallest absolute Gasteiger partial charge is 0.373 e. The molecule has 13 heavy (non-hydrogen) atoms. The molecule has 1 rings (SSSR count). The molecular weight excluding hydrogens is 210 g/mol. The third-order valence-electron chi connectivity index (χ3n) is 2.25. The van der Waals surface area contributed by atoms with Crippen molar-refractivity contribution in [2.75, 3.05) is 0 Å². The Morgan fingerprint density at radius 1 is 0.923 bits per heavy atom. The molecule has 0 atom stereocenters. The summed E-state index contributed by atoms with van der Waals surface area (Å²) in [5, 5.41) is 0. The summed E-state index contributed by atoms with van der Waals surface area (Å²) in [6.45, 7) is 4.32. The predicted molar refractivity (Wildman–Crippen MR) is 52.6 cm³/mol. The number of rotatable bonds is 2. The van der Waals surface area contributed by atoms with Gasteiger partial charge in [0.05, 0.1) is 0 Å². The Labute approximate surface area is 95.3 Å². The van der Waals surface area contributed by atoms with Crippen LogP contribution in [0.2, 0.25) is 0 Å². The third kappa shape index (κ3) is 4.22. The quantitative estimate of drug-likeness (QED) is 0.497. The Balaban J connectivity index is 0.00000144. The standard InChI is InChI=1S/C12H18.Zn/c1-3-7-11-9-5-6-10-12(11)8-4-2;/h3-6,9-10H2,1-2H3;/q-2;+2. The van der Waals surface area contributed by atoms with Crippen LogP contribution in [0.4, 0.5) is 0 Å². The Kier molecular flexibility index (Phi) is 7.56. The first-order valence-electron chi connectivity index (χ1n) is 5.08. The van der Waals surface area contributed by atoms with Crippen LogP contribution in [0.15, 0.2) is 11.1 Å². The van der Waals surface area contributed by atoms with Crippen molar-refractivity contribution in [1.29, 1.82) is 0 Å². The zero-order chi connectivity index (χ0) is 8.81. The number of hydrogen-bond donors (Lipinski definition) is 0. The van der Waals surface area contributed by atoms with Gasteiger partial charge < -0.3 is 23.3 Å². The molecule has 0 spiro atoms. The van der Waals surface area contributed by atoms with Crippen molar-refractivity contribution >= 4 is 0 Å². The molecule has 0 saturated heterocycles. The van der Waals surface area contributed by atoms with E-state index in [9.17, 15) is 0 Å². The molecule has 1 aliphatic rings. The average Bonchev–Trinajstić information content (AvgIpc) is 2.09. The molecule has 0 aromatic rings. The normalized spacial score (nSPS) is 23.2. The van der Waals surface area contributed by atoms with Gasteiger partial charge in [-0.05, 0) is 0 Å². The van der Waals surface area contributed by atoms with E-state index in [1.165, 1.54) is 36.8 Å². The van der Waals surface area contributed by atoms with Crippen LogP contribution in [0, 0.1) is 12.2 Å². The van der Waals surface area contributed by atoms with E-state index >= 15 is 0 Å². The van der Waals surface area contributed by atoms with Crippen LogP contribution >= 0.6 is 0 Å². The summed E-state index contributed by atoms with van der Waals surface area (Å²) in [4.78, 5) is 0. The molecule has 0 N–H and O–H groups in total. The van der Waals surface area contributed by atoms with Crippen LogP contribution in [-0.2, 0) is 19.5 Å². The molecule has 0 bridgehead atoms. The Bertz CT molecular complexity index is 167. The molecule has 0 radical (unpaired) electrons. The largest absolute Gasteiger partial charge is 2.00 e. The van der Waals surface area contributed by atoms with Gasteiger partial charge >= 0.3 is 19.5 Å². The van der Waals surface area contributed by atoms with E-state index in [4.69, 9.17) is 0 Å². The molecule has 1 saturated carbocycles. The first kappa shape index (κ1) is 13.1. The fourth-order valence-electron chi connectivity index (χ4n) is 1.72. The van der Waals surface area contributed by atoms with Gasteiger partial charge in [-0.1, -0.05) is 26.7 Å². The molecule has 0 aromatic heterocycles. The molecule has 0 aromatic carbocycles. The topological polar surface area (TPSA) is 0 Å². The summed E-state index contributed by atoms with van der Waals surface area (Å²) in [6, 6.07) is 0. The molecule has 0 nitrogen and oxygen atoms in total. The van der Waals surface area contributed by atoms with Crippen LogP contribution in [0.1, 0.15) is 52.4 Å². The maximum atomic E-state index is 3.44. The van der Waals surface area contributed by atoms with Crippen LogP contribution in [0.3, 0.4) is 0 Å². The summed E-state index contributed by atoms with van der Waals surface area (Å²) >= 11 is 0. The van der Waals surface area contributed by atoms with Crippen molar-refractivity contribution in [3.8, 4) is 0 Å². The van der Waals surface area contributed by atoms with Gasteiger partial charge in [0.25, 0.3) is 0 Å². The van der Waals surface area contributed by atoms with Gasteiger partial charge in [-0.15, -0.1) is 25.7 Å². The summed E-state index contributed by atoms with van der Waals surface area (Å²) in [5.41, 5.74) is 2.90. The molecule has 0 heterocycles. The molecular formula is C12H18Zn. The van der Waals surface area contributed by atoms with Crippen LogP contribution < -0.4 is 0 Å². The fourth-order valence-corrected chi connectivity index (χ4v) is 1.72. The van der Waals surface area contributed by atoms with Gasteiger partial charge in [0.15, 0.2) is 0 Å². The zero-order valence-electron chi connectivity index (χ0n) is 8.95. The van der Waals surface area contributed by atoms with Gasteiger partial charge in [0.2, 0.25) is 0 Å². The molecule has 1 aliphatic carbocycles. The van der Waals surface area contributed by atoms with Crippen LogP contribution in [0.5, 0.6) is 0 Å². The van der Waals surface area contributed by atoms with Gasteiger partial charge in [-0.25, -0.2) is 0 Å². The maximum Gasteiger partial charge on any atom is 2.00 e. The fraction of sp³-hybridized carbons (Fsp3) is 0.667. The second-order valence-corrected chi connectivity index (χ2v) is 3.22. The van der Waals surface area contributed by atoms with Gasteiger partial charge in [0.1, 0.15) is 0 Å². The predicted octanol–water partition coefficient (Wildman–Crippen LogP) is 3.84. The van der Waals surface area contributed by atoms with Crippen molar-refractivity contribution in [2.24, 2.45) is 0 Å². The molecule has 68 valence electrons. The van der Waals surface area contributed by atoms with E-state index in [-0.39, 0.29) is 19.5 Å². The first-order valence-corrected chi connectivity index (χ1v) is 5.08. The van der Waals surface area contributed by atoms with Crippen molar-refractivity contribution in [2.45, 2.75) is 52.4 Å². The van der Waals surface area contributed by atoms with E-state index in [2.05, 4.69) is 26.0 Å². The van der Waals surface area contributed by atoms with Gasteiger partial charge in [-0.2, -0.15) is 0 Å². The van der Waals surface area contributed by atoms with E-state index in [1.54, 1.807) is 0 Å². The number of hydrogen-bond acceptors (Lipinski definition) is 0. The van der Waals surface area contributed by atoms with Crippen molar-refractivity contribution in [1.82, 2.24) is 0 Å². The minimum Gasteiger partial charge on any atom is -0.373 e. The summed E-state index contributed by atoms with van der Waals surface area (Å²) in [6.07, 6.45) is 14.1. The average molecular weight is 228 g/mol. The first-order chi connectivity index (χ1) is 5.88. The summed E-state index contributed by atoms with van der Waals surface area (Å²) < 4.78 is 0. The van der Waals surface area contributed by atoms with E-state index in [0.717, 1.165) is 12.8 Å². The van der Waals surface area contributed by atoms with Crippen molar-refractivity contribution < 1.29 is 19.5 Å². The van der Waals surface area contributed by atoms with E-state index in [1.807, 2.05) is 0 Å². The van der Waals surface area contributed by atoms with E-state index in [0.29, 0.717) is 0 Å². The Hall–Kier alpha value is 0.103. The Morgan fingerprint density at radius 2 is 1.31 bits per heavy atom. The summed E-state index contributed by atoms with van der Waals surface area (Å²) in [7, 11) is 0. The van der Waals surface area contributed by atoms with Crippen LogP contribution in [-0.4, -0.2) is 0 Å². The van der Waals surface area contributed by atoms with Crippen LogP contribution in [0.25, 0.3) is 0 Å². The van der Waals surface area contributed by atoms with Gasteiger partial charge in [0, 0.05) is 0 Å². The van der Waals surface area contributed by atoms with E-state index < -0.39 is 0 Å². The third-order valence-corrected chi connectivity index (χ3v) is 2.25. The number of allylic oxidation sites excluding steroid dienone is 4. The molecule has 1 heteroatoms. The van der Waals surface area contributed by atoms with Gasteiger partial charge in [-0.3, -0.25) is 0 Å². The molecule has 0 aliphatic heterocycles. The zero-order valence-corrected chi connectivity index (χ0v) is 11.9.